The molecule has 3 aliphatic rings. The molecule has 0 aliphatic carbocycles. The lowest BCUT2D eigenvalue weighted by molar-refractivity contribution is -0.133. The maximum Gasteiger partial charge on any atom is 0.223 e. The molecule has 1 aromatic rings. The smallest absolute Gasteiger partial charge is 0.223 e. The number of hydrogen-bond donors (Lipinski definition) is 1. The molecule has 1 aromatic carbocycles. The molecule has 2 bridgehead atoms. The lowest BCUT2D eigenvalue weighted by atomic mass is 9.89. The number of halogens is 1. The quantitative estimate of drug-likeness (QED) is 0.917. The second-order valence-electron chi connectivity index (χ2n) is 8.10. The molecular formula is C20H27FN2O. The highest BCUT2D eigenvalue weighted by molar-refractivity contribution is 5.77. The SMILES string of the molecule is CC1CC(c2ccccc2F)N(C(=O)CC2CC3CCC(C2)N3)C1. The topological polar surface area (TPSA) is 32.3 Å². The highest BCUT2D eigenvalue weighted by Gasteiger charge is 2.38. The van der Waals surface area contributed by atoms with Crippen LogP contribution in [0.2, 0.25) is 0 Å². The van der Waals surface area contributed by atoms with Crippen molar-refractivity contribution in [2.45, 2.75) is 63.6 Å². The fraction of sp³-hybridized carbons (Fsp3) is 0.650. The summed E-state index contributed by atoms with van der Waals surface area (Å²) in [6.07, 6.45) is 6.25. The third-order valence-electron chi connectivity index (χ3n) is 6.13. The summed E-state index contributed by atoms with van der Waals surface area (Å²) in [7, 11) is 0. The van der Waals surface area contributed by atoms with E-state index in [0.717, 1.165) is 25.8 Å². The standard InChI is InChI=1S/C20H27FN2O/c1-13-8-19(17-4-2-3-5-18(17)21)23(12-13)20(24)11-14-9-15-6-7-16(10-14)22-15/h2-5,13-16,19,22H,6-12H2,1H3. The molecule has 0 radical (unpaired) electrons. The van der Waals surface area contributed by atoms with Crippen molar-refractivity contribution in [3.63, 3.8) is 0 Å². The summed E-state index contributed by atoms with van der Waals surface area (Å²) in [5, 5.41) is 3.64. The van der Waals surface area contributed by atoms with Crippen LogP contribution in [0.1, 0.15) is 57.1 Å². The van der Waals surface area contributed by atoms with E-state index in [4.69, 9.17) is 0 Å². The van der Waals surface area contributed by atoms with Crippen LogP contribution in [0, 0.1) is 17.7 Å². The Morgan fingerprint density at radius 3 is 2.62 bits per heavy atom. The summed E-state index contributed by atoms with van der Waals surface area (Å²) in [5.74, 6) is 0.962. The Morgan fingerprint density at radius 1 is 1.21 bits per heavy atom. The van der Waals surface area contributed by atoms with Crippen molar-refractivity contribution in [3.05, 3.63) is 35.6 Å². The van der Waals surface area contributed by atoms with E-state index in [1.807, 2.05) is 17.0 Å². The van der Waals surface area contributed by atoms with Crippen LogP contribution in [0.3, 0.4) is 0 Å². The first-order valence-corrected chi connectivity index (χ1v) is 9.40. The summed E-state index contributed by atoms with van der Waals surface area (Å²) < 4.78 is 14.2. The number of piperidine rings is 1. The zero-order valence-electron chi connectivity index (χ0n) is 14.4. The number of benzene rings is 1. The number of carbonyl (C=O) groups excluding carboxylic acids is 1. The zero-order chi connectivity index (χ0) is 16.7. The van der Waals surface area contributed by atoms with Crippen LogP contribution in [-0.2, 0) is 4.79 Å². The number of likely N-dealkylation sites (tertiary alicyclic amines) is 1. The molecule has 1 amide bonds. The molecule has 0 aromatic heterocycles. The largest absolute Gasteiger partial charge is 0.335 e. The first kappa shape index (κ1) is 16.1. The lowest BCUT2D eigenvalue weighted by Crippen LogP contribution is -2.40. The highest BCUT2D eigenvalue weighted by Crippen LogP contribution is 2.39. The van der Waals surface area contributed by atoms with Crippen LogP contribution < -0.4 is 5.32 Å². The number of rotatable bonds is 3. The lowest BCUT2D eigenvalue weighted by Gasteiger charge is -2.31. The van der Waals surface area contributed by atoms with Gasteiger partial charge in [-0.25, -0.2) is 4.39 Å². The van der Waals surface area contributed by atoms with Crippen molar-refractivity contribution >= 4 is 5.91 Å². The van der Waals surface area contributed by atoms with Gasteiger partial charge in [0.25, 0.3) is 0 Å². The van der Waals surface area contributed by atoms with E-state index in [0.29, 0.717) is 35.9 Å². The van der Waals surface area contributed by atoms with Crippen LogP contribution >= 0.6 is 0 Å². The van der Waals surface area contributed by atoms with E-state index in [9.17, 15) is 9.18 Å². The van der Waals surface area contributed by atoms with E-state index in [2.05, 4.69) is 12.2 Å². The predicted octanol–water partition coefficient (Wildman–Crippen LogP) is 3.66. The fourth-order valence-electron chi connectivity index (χ4n) is 5.07. The monoisotopic (exact) mass is 330 g/mol. The summed E-state index contributed by atoms with van der Waals surface area (Å²) in [4.78, 5) is 14.9. The van der Waals surface area contributed by atoms with E-state index < -0.39 is 0 Å². The Hall–Kier alpha value is -1.42. The van der Waals surface area contributed by atoms with Crippen LogP contribution in [0.25, 0.3) is 0 Å². The first-order chi connectivity index (χ1) is 11.6. The van der Waals surface area contributed by atoms with Crippen molar-refractivity contribution < 1.29 is 9.18 Å². The van der Waals surface area contributed by atoms with Crippen LogP contribution in [-0.4, -0.2) is 29.4 Å². The maximum atomic E-state index is 14.2. The number of nitrogens with one attached hydrogen (secondary N) is 1. The van der Waals surface area contributed by atoms with Gasteiger partial charge in [0.2, 0.25) is 5.91 Å². The van der Waals surface area contributed by atoms with Gasteiger partial charge in [-0.3, -0.25) is 4.79 Å². The van der Waals surface area contributed by atoms with Crippen molar-refractivity contribution in [2.24, 2.45) is 11.8 Å². The minimum absolute atomic E-state index is 0.0906. The normalized spacial score (nSPS) is 35.4. The molecule has 1 N–H and O–H groups in total. The molecule has 0 saturated carbocycles. The number of hydrogen-bond acceptors (Lipinski definition) is 2. The van der Waals surface area contributed by atoms with Gasteiger partial charge >= 0.3 is 0 Å². The van der Waals surface area contributed by atoms with Gasteiger partial charge in [-0.15, -0.1) is 0 Å². The first-order valence-electron chi connectivity index (χ1n) is 9.40. The molecule has 4 unspecified atom stereocenters. The number of amides is 1. The third-order valence-corrected chi connectivity index (χ3v) is 6.13. The van der Waals surface area contributed by atoms with Crippen LogP contribution in [0.4, 0.5) is 4.39 Å². The fourth-order valence-corrected chi connectivity index (χ4v) is 5.07. The van der Waals surface area contributed by atoms with E-state index in [1.165, 1.54) is 18.9 Å². The molecule has 3 heterocycles. The molecule has 130 valence electrons. The van der Waals surface area contributed by atoms with Gasteiger partial charge in [0.05, 0.1) is 6.04 Å². The van der Waals surface area contributed by atoms with Crippen molar-refractivity contribution in [1.82, 2.24) is 10.2 Å². The van der Waals surface area contributed by atoms with E-state index in [-0.39, 0.29) is 17.8 Å². The number of nitrogens with zero attached hydrogens (tertiary/aromatic N) is 1. The van der Waals surface area contributed by atoms with Gasteiger partial charge in [-0.1, -0.05) is 25.1 Å². The van der Waals surface area contributed by atoms with Gasteiger partial charge < -0.3 is 10.2 Å². The van der Waals surface area contributed by atoms with Gasteiger partial charge in [0.1, 0.15) is 5.82 Å². The number of fused-ring (bicyclic) bond motifs is 2. The molecular weight excluding hydrogens is 303 g/mol. The predicted molar refractivity (Wildman–Crippen MR) is 91.9 cm³/mol. The van der Waals surface area contributed by atoms with Crippen molar-refractivity contribution in [2.75, 3.05) is 6.54 Å². The van der Waals surface area contributed by atoms with Gasteiger partial charge in [0.15, 0.2) is 0 Å². The molecule has 4 heteroatoms. The summed E-state index contributed by atoms with van der Waals surface area (Å²) >= 11 is 0. The molecule has 0 spiro atoms. The van der Waals surface area contributed by atoms with Gasteiger partial charge in [-0.2, -0.15) is 0 Å². The minimum atomic E-state index is -0.186. The van der Waals surface area contributed by atoms with Crippen molar-refractivity contribution in [1.29, 1.82) is 0 Å². The summed E-state index contributed by atoms with van der Waals surface area (Å²) in [6.45, 7) is 2.92. The Balaban J connectivity index is 1.47. The molecule has 24 heavy (non-hydrogen) atoms. The van der Waals surface area contributed by atoms with Crippen LogP contribution in [0.5, 0.6) is 0 Å². The average Bonchev–Trinajstić information content (AvgIpc) is 3.10. The highest BCUT2D eigenvalue weighted by atomic mass is 19.1. The van der Waals surface area contributed by atoms with E-state index >= 15 is 0 Å². The van der Waals surface area contributed by atoms with Crippen molar-refractivity contribution in [3.8, 4) is 0 Å². The Labute approximate surface area is 143 Å². The second-order valence-corrected chi connectivity index (χ2v) is 8.10. The maximum absolute atomic E-state index is 14.2. The van der Waals surface area contributed by atoms with Gasteiger partial charge in [0, 0.05) is 30.6 Å². The second kappa shape index (κ2) is 6.47. The molecule has 3 aliphatic heterocycles. The summed E-state index contributed by atoms with van der Waals surface area (Å²) in [6, 6.07) is 8.06. The average molecular weight is 330 g/mol. The van der Waals surface area contributed by atoms with E-state index in [1.54, 1.807) is 6.07 Å². The third kappa shape index (κ3) is 3.08. The molecule has 4 atom stereocenters. The van der Waals surface area contributed by atoms with Crippen LogP contribution in [0.15, 0.2) is 24.3 Å². The Morgan fingerprint density at radius 2 is 1.92 bits per heavy atom. The zero-order valence-corrected chi connectivity index (χ0v) is 14.4. The summed E-state index contributed by atoms with van der Waals surface area (Å²) in [5.41, 5.74) is 0.681. The molecule has 3 fully saturated rings. The Kier molecular flexibility index (Phi) is 4.33. The molecule has 3 saturated heterocycles. The minimum Gasteiger partial charge on any atom is -0.335 e. The Bertz CT molecular complexity index is 607. The van der Waals surface area contributed by atoms with Gasteiger partial charge in [-0.05, 0) is 50.0 Å². The molecule has 3 nitrogen and oxygen atoms in total. The number of carbonyl (C=O) groups is 1. The molecule has 4 rings (SSSR count).